The number of aromatic nitrogens is 4. The average Bonchev–Trinajstić information content (AvgIpc) is 3.21. The van der Waals surface area contributed by atoms with Gasteiger partial charge in [0, 0.05) is 25.1 Å². The second-order valence-electron chi connectivity index (χ2n) is 8.17. The maximum Gasteiger partial charge on any atom is 0.246 e. The molecule has 3 aromatic rings. The van der Waals surface area contributed by atoms with E-state index in [1.54, 1.807) is 0 Å². The summed E-state index contributed by atoms with van der Waals surface area (Å²) >= 11 is 0. The van der Waals surface area contributed by atoms with Gasteiger partial charge < -0.3 is 10.2 Å². The van der Waals surface area contributed by atoms with Crippen molar-refractivity contribution in [1.29, 1.82) is 0 Å². The van der Waals surface area contributed by atoms with Crippen molar-refractivity contribution in [3.8, 4) is 11.4 Å². The minimum atomic E-state index is -0.0598. The van der Waals surface area contributed by atoms with Crippen LogP contribution < -0.4 is 5.32 Å². The maximum atomic E-state index is 12.8. The van der Waals surface area contributed by atoms with Gasteiger partial charge in [0.05, 0.1) is 5.69 Å². The quantitative estimate of drug-likeness (QED) is 0.664. The molecule has 0 radical (unpaired) electrons. The van der Waals surface area contributed by atoms with Crippen LogP contribution in [0.5, 0.6) is 0 Å². The number of fused-ring (bicyclic) bond motifs is 1. The van der Waals surface area contributed by atoms with Crippen molar-refractivity contribution in [2.45, 2.75) is 39.8 Å². The molecule has 0 fully saturated rings. The van der Waals surface area contributed by atoms with Crippen LogP contribution in [0.15, 0.2) is 48.5 Å². The molecule has 0 saturated heterocycles. The number of tetrazole rings is 1. The molecule has 0 unspecified atom stereocenters. The van der Waals surface area contributed by atoms with Crippen LogP contribution in [0, 0.1) is 5.92 Å². The molecule has 31 heavy (non-hydrogen) atoms. The zero-order valence-electron chi connectivity index (χ0n) is 17.8. The van der Waals surface area contributed by atoms with E-state index in [1.807, 2.05) is 55.1 Å². The Kier molecular flexibility index (Phi) is 6.06. The number of hydrogen-bond acceptors (Lipinski definition) is 5. The summed E-state index contributed by atoms with van der Waals surface area (Å²) < 4.78 is 0. The topological polar surface area (TPSA) is 93.0 Å². The Labute approximate surface area is 181 Å². The molecular weight excluding hydrogens is 392 g/mol. The summed E-state index contributed by atoms with van der Waals surface area (Å²) in [5, 5.41) is 15.5. The molecule has 2 amide bonds. The Morgan fingerprint density at radius 1 is 1.06 bits per heavy atom. The van der Waals surface area contributed by atoms with Crippen molar-refractivity contribution >= 4 is 17.5 Å². The van der Waals surface area contributed by atoms with Crippen LogP contribution in [0.3, 0.4) is 0 Å². The molecular formula is C23H26N6O2. The van der Waals surface area contributed by atoms with Crippen molar-refractivity contribution < 1.29 is 9.59 Å². The Balaban J connectivity index is 1.44. The fraction of sp³-hybridized carbons (Fsp3) is 0.348. The Morgan fingerprint density at radius 2 is 1.81 bits per heavy atom. The molecule has 0 spiro atoms. The second-order valence-corrected chi connectivity index (χ2v) is 8.17. The number of carbonyl (C=O) groups excluding carboxylic acids is 2. The molecule has 1 N–H and O–H groups in total. The van der Waals surface area contributed by atoms with Gasteiger partial charge in [-0.1, -0.05) is 50.2 Å². The number of rotatable bonds is 6. The third kappa shape index (κ3) is 4.96. The first-order valence-corrected chi connectivity index (χ1v) is 10.5. The third-order valence-electron chi connectivity index (χ3n) is 5.25. The van der Waals surface area contributed by atoms with Gasteiger partial charge >= 0.3 is 0 Å². The molecule has 2 aromatic carbocycles. The van der Waals surface area contributed by atoms with E-state index in [1.165, 1.54) is 15.9 Å². The van der Waals surface area contributed by atoms with Gasteiger partial charge in [0.15, 0.2) is 0 Å². The van der Waals surface area contributed by atoms with Crippen molar-refractivity contribution in [3.05, 3.63) is 59.7 Å². The number of benzene rings is 2. The molecule has 8 heteroatoms. The minimum absolute atomic E-state index is 0.0248. The Morgan fingerprint density at radius 3 is 2.61 bits per heavy atom. The lowest BCUT2D eigenvalue weighted by molar-refractivity contribution is -0.133. The first-order chi connectivity index (χ1) is 15.0. The van der Waals surface area contributed by atoms with Crippen LogP contribution in [-0.4, -0.2) is 43.5 Å². The molecule has 8 nitrogen and oxygen atoms in total. The van der Waals surface area contributed by atoms with Gasteiger partial charge in [0.1, 0.15) is 6.54 Å². The molecule has 1 aliphatic heterocycles. The number of nitrogens with one attached hydrogen (secondary N) is 1. The fourth-order valence-corrected chi connectivity index (χ4v) is 3.71. The lowest BCUT2D eigenvalue weighted by Crippen LogP contribution is -2.38. The van der Waals surface area contributed by atoms with Gasteiger partial charge in [-0.15, -0.1) is 10.2 Å². The lowest BCUT2D eigenvalue weighted by Gasteiger charge is -2.28. The van der Waals surface area contributed by atoms with Crippen LogP contribution in [0.25, 0.3) is 11.4 Å². The predicted octanol–water partition coefficient (Wildman–Crippen LogP) is 2.91. The predicted molar refractivity (Wildman–Crippen MR) is 117 cm³/mol. The van der Waals surface area contributed by atoms with Crippen LogP contribution in [0.4, 0.5) is 5.69 Å². The van der Waals surface area contributed by atoms with Crippen LogP contribution >= 0.6 is 0 Å². The molecule has 0 aliphatic carbocycles. The van der Waals surface area contributed by atoms with Gasteiger partial charge in [0.25, 0.3) is 0 Å². The number of hydrogen-bond donors (Lipinski definition) is 1. The molecule has 4 rings (SSSR count). The van der Waals surface area contributed by atoms with E-state index in [0.717, 1.165) is 6.42 Å². The highest BCUT2D eigenvalue weighted by molar-refractivity contribution is 5.94. The smallest absolute Gasteiger partial charge is 0.246 e. The molecule has 1 aromatic heterocycles. The summed E-state index contributed by atoms with van der Waals surface area (Å²) in [4.78, 5) is 28.1. The van der Waals surface area contributed by atoms with Crippen molar-refractivity contribution in [2.24, 2.45) is 5.92 Å². The summed E-state index contributed by atoms with van der Waals surface area (Å²) in [6.07, 6.45) is 1.28. The molecule has 0 atom stereocenters. The van der Waals surface area contributed by atoms with E-state index < -0.39 is 0 Å². The fourth-order valence-electron chi connectivity index (χ4n) is 3.71. The normalized spacial score (nSPS) is 13.2. The van der Waals surface area contributed by atoms with Crippen molar-refractivity contribution in [2.75, 3.05) is 11.9 Å². The highest BCUT2D eigenvalue weighted by Gasteiger charge is 2.22. The first-order valence-electron chi connectivity index (χ1n) is 10.5. The lowest BCUT2D eigenvalue weighted by atomic mass is 10.00. The van der Waals surface area contributed by atoms with Gasteiger partial charge in [-0.2, -0.15) is 4.80 Å². The van der Waals surface area contributed by atoms with Gasteiger partial charge in [-0.25, -0.2) is 0 Å². The molecule has 160 valence electrons. The van der Waals surface area contributed by atoms with Gasteiger partial charge in [-0.05, 0) is 40.8 Å². The average molecular weight is 419 g/mol. The summed E-state index contributed by atoms with van der Waals surface area (Å²) in [6.45, 7) is 5.30. The third-order valence-corrected chi connectivity index (χ3v) is 5.25. The van der Waals surface area contributed by atoms with Gasteiger partial charge in [-0.3, -0.25) is 9.59 Å². The molecule has 1 aliphatic rings. The molecule has 2 heterocycles. The molecule has 0 bridgehead atoms. The van der Waals surface area contributed by atoms with Crippen molar-refractivity contribution in [1.82, 2.24) is 25.1 Å². The number of amides is 2. The zero-order valence-corrected chi connectivity index (χ0v) is 17.8. The van der Waals surface area contributed by atoms with E-state index >= 15 is 0 Å². The summed E-state index contributed by atoms with van der Waals surface area (Å²) in [7, 11) is 0. The number of nitrogens with zero attached hydrogens (tertiary/aromatic N) is 5. The zero-order chi connectivity index (χ0) is 21.8. The Bertz CT molecular complexity index is 1090. The number of carbonyl (C=O) groups is 2. The largest absolute Gasteiger partial charge is 0.336 e. The Hall–Kier alpha value is -3.55. The van der Waals surface area contributed by atoms with E-state index in [4.69, 9.17) is 0 Å². The van der Waals surface area contributed by atoms with Crippen LogP contribution in [-0.2, 0) is 29.1 Å². The van der Waals surface area contributed by atoms with Crippen LogP contribution in [0.2, 0.25) is 0 Å². The monoisotopic (exact) mass is 418 g/mol. The van der Waals surface area contributed by atoms with Crippen LogP contribution in [0.1, 0.15) is 31.4 Å². The standard InChI is InChI=1S/C23H26N6O2/c1-16(2)13-21(30)24-20-10-6-5-9-19(20)23-25-27-29(26-23)15-22(31)28-12-11-17-7-3-4-8-18(17)14-28/h3-10,16H,11-15H2,1-2H3,(H,24,30). The maximum absolute atomic E-state index is 12.8. The van der Waals surface area contributed by atoms with E-state index in [-0.39, 0.29) is 24.3 Å². The van der Waals surface area contributed by atoms with E-state index in [2.05, 4.69) is 32.9 Å². The number of para-hydroxylation sites is 1. The van der Waals surface area contributed by atoms with Crippen molar-refractivity contribution in [3.63, 3.8) is 0 Å². The minimum Gasteiger partial charge on any atom is -0.336 e. The highest BCUT2D eigenvalue weighted by Crippen LogP contribution is 2.25. The first kappa shape index (κ1) is 20.7. The summed E-state index contributed by atoms with van der Waals surface area (Å²) in [6, 6.07) is 15.5. The highest BCUT2D eigenvalue weighted by atomic mass is 16.2. The van der Waals surface area contributed by atoms with E-state index in [9.17, 15) is 9.59 Å². The SMILES string of the molecule is CC(C)CC(=O)Nc1ccccc1-c1nnn(CC(=O)N2CCc3ccccc3C2)n1. The number of anilines is 1. The summed E-state index contributed by atoms with van der Waals surface area (Å²) in [5.74, 6) is 0.531. The van der Waals surface area contributed by atoms with Gasteiger partial charge in [0.2, 0.25) is 17.6 Å². The molecule has 0 saturated carbocycles. The second kappa shape index (κ2) is 9.07. The summed E-state index contributed by atoms with van der Waals surface area (Å²) in [5.41, 5.74) is 3.78. The van der Waals surface area contributed by atoms with E-state index in [0.29, 0.717) is 36.6 Å².